The van der Waals surface area contributed by atoms with E-state index >= 15 is 0 Å². The summed E-state index contributed by atoms with van der Waals surface area (Å²) in [6.07, 6.45) is 3.16. The Morgan fingerprint density at radius 2 is 1.47 bits per heavy atom. The van der Waals surface area contributed by atoms with Gasteiger partial charge in [-0.1, -0.05) is 43.7 Å². The van der Waals surface area contributed by atoms with Gasteiger partial charge in [-0.05, 0) is 18.9 Å². The van der Waals surface area contributed by atoms with Crippen LogP contribution in [-0.2, 0) is 16.5 Å². The number of hydrogen-bond acceptors (Lipinski definition) is 3. The molecule has 0 bridgehead atoms. The Hall–Kier alpha value is -0.910. The standard InChI is InChI=1S/C9H12.C2H6O.CH4O3S/c1-2-6-9-7-4-3-5-8-9;1-2-3;1-5(2,3)4/h3-5,7-8H,2,6H2,1H3;3H,2H2,1H3;1H3,(H,2,3,4). The largest absolute Gasteiger partial charge is 0.397 e. The van der Waals surface area contributed by atoms with Crippen molar-refractivity contribution >= 4 is 10.1 Å². The predicted octanol–water partition coefficient (Wildman–Crippen LogP) is 2.14. The quantitative estimate of drug-likeness (QED) is 0.801. The molecule has 1 aromatic rings. The minimum atomic E-state index is -3.67. The number of aliphatic hydroxyl groups excluding tert-OH is 1. The molecule has 1 aromatic carbocycles. The monoisotopic (exact) mass is 262 g/mol. The van der Waals surface area contributed by atoms with Gasteiger partial charge in [-0.2, -0.15) is 8.42 Å². The summed E-state index contributed by atoms with van der Waals surface area (Å²) in [5, 5.41) is 7.57. The van der Waals surface area contributed by atoms with Crippen LogP contribution >= 0.6 is 0 Å². The first-order valence-electron chi connectivity index (χ1n) is 5.42. The lowest BCUT2D eigenvalue weighted by molar-refractivity contribution is 0.318. The van der Waals surface area contributed by atoms with Crippen LogP contribution < -0.4 is 0 Å². The van der Waals surface area contributed by atoms with Crippen molar-refractivity contribution in [3.05, 3.63) is 35.9 Å². The molecule has 1 rings (SSSR count). The number of hydrogen-bond donors (Lipinski definition) is 2. The summed E-state index contributed by atoms with van der Waals surface area (Å²) in [5.74, 6) is 0. The molecule has 0 atom stereocenters. The normalized spacial score (nSPS) is 9.47. The first-order chi connectivity index (χ1) is 7.85. The summed E-state index contributed by atoms with van der Waals surface area (Å²) in [7, 11) is -3.67. The predicted molar refractivity (Wildman–Crippen MR) is 70.7 cm³/mol. The van der Waals surface area contributed by atoms with E-state index in [4.69, 9.17) is 9.66 Å². The zero-order valence-electron chi connectivity index (χ0n) is 10.6. The van der Waals surface area contributed by atoms with E-state index in [0.29, 0.717) is 6.26 Å². The molecule has 0 saturated heterocycles. The van der Waals surface area contributed by atoms with E-state index in [1.807, 2.05) is 0 Å². The van der Waals surface area contributed by atoms with Gasteiger partial charge < -0.3 is 5.11 Å². The minimum Gasteiger partial charge on any atom is -0.397 e. The molecule has 100 valence electrons. The summed E-state index contributed by atoms with van der Waals surface area (Å²) in [5.41, 5.74) is 1.44. The second kappa shape index (κ2) is 11.6. The lowest BCUT2D eigenvalue weighted by Gasteiger charge is -1.93. The zero-order valence-corrected chi connectivity index (χ0v) is 11.4. The molecule has 0 heterocycles. The van der Waals surface area contributed by atoms with Crippen LogP contribution in [0.2, 0.25) is 0 Å². The van der Waals surface area contributed by atoms with Gasteiger partial charge in [0.25, 0.3) is 10.1 Å². The van der Waals surface area contributed by atoms with E-state index in [1.54, 1.807) is 6.92 Å². The SMILES string of the molecule is CCCc1ccccc1.CCO.CS(=O)(=O)O. The highest BCUT2D eigenvalue weighted by atomic mass is 32.2. The second-order valence-electron chi connectivity index (χ2n) is 3.28. The summed E-state index contributed by atoms with van der Waals surface area (Å²) >= 11 is 0. The Morgan fingerprint density at radius 3 is 1.76 bits per heavy atom. The third-order valence-electron chi connectivity index (χ3n) is 1.38. The minimum absolute atomic E-state index is 0.250. The molecule has 0 fully saturated rings. The molecule has 4 nitrogen and oxygen atoms in total. The van der Waals surface area contributed by atoms with Gasteiger partial charge in [0.05, 0.1) is 6.26 Å². The molecule has 2 N–H and O–H groups in total. The van der Waals surface area contributed by atoms with Crippen molar-refractivity contribution in [3.8, 4) is 0 Å². The van der Waals surface area contributed by atoms with Gasteiger partial charge in [-0.3, -0.25) is 4.55 Å². The van der Waals surface area contributed by atoms with Crippen molar-refractivity contribution in [2.45, 2.75) is 26.7 Å². The van der Waals surface area contributed by atoms with E-state index in [9.17, 15) is 8.42 Å². The van der Waals surface area contributed by atoms with Gasteiger partial charge in [0.15, 0.2) is 0 Å². The fraction of sp³-hybridized carbons (Fsp3) is 0.500. The first-order valence-corrected chi connectivity index (χ1v) is 7.27. The topological polar surface area (TPSA) is 74.6 Å². The first kappa shape index (κ1) is 18.5. The van der Waals surface area contributed by atoms with Gasteiger partial charge in [0.2, 0.25) is 0 Å². The Kier molecular flexibility index (Phi) is 12.6. The van der Waals surface area contributed by atoms with Crippen LogP contribution in [0, 0.1) is 0 Å². The van der Waals surface area contributed by atoms with Gasteiger partial charge >= 0.3 is 0 Å². The van der Waals surface area contributed by atoms with Crippen molar-refractivity contribution in [1.29, 1.82) is 0 Å². The molecule has 0 aliphatic heterocycles. The van der Waals surface area contributed by atoms with Crippen molar-refractivity contribution < 1.29 is 18.1 Å². The maximum atomic E-state index is 9.19. The van der Waals surface area contributed by atoms with E-state index in [-0.39, 0.29) is 6.61 Å². The van der Waals surface area contributed by atoms with Crippen LogP contribution in [0.4, 0.5) is 0 Å². The fourth-order valence-electron chi connectivity index (χ4n) is 0.933. The summed E-state index contributed by atoms with van der Waals surface area (Å²) in [6, 6.07) is 10.6. The number of aliphatic hydroxyl groups is 1. The zero-order chi connectivity index (χ0) is 13.7. The highest BCUT2D eigenvalue weighted by Crippen LogP contribution is 2.00. The van der Waals surface area contributed by atoms with Crippen molar-refractivity contribution in [3.63, 3.8) is 0 Å². The lowest BCUT2D eigenvalue weighted by atomic mass is 10.1. The molecular formula is C12H22O4S. The molecular weight excluding hydrogens is 240 g/mol. The highest BCUT2D eigenvalue weighted by Gasteiger charge is 1.84. The average Bonchev–Trinajstić information content (AvgIpc) is 2.18. The van der Waals surface area contributed by atoms with E-state index in [2.05, 4.69) is 37.3 Å². The summed E-state index contributed by atoms with van der Waals surface area (Å²) in [4.78, 5) is 0. The van der Waals surface area contributed by atoms with Gasteiger partial charge in [-0.15, -0.1) is 0 Å². The third-order valence-corrected chi connectivity index (χ3v) is 1.38. The van der Waals surface area contributed by atoms with E-state index in [1.165, 1.54) is 18.4 Å². The van der Waals surface area contributed by atoms with Crippen LogP contribution in [0.1, 0.15) is 25.8 Å². The molecule has 0 unspecified atom stereocenters. The average molecular weight is 262 g/mol. The molecule has 0 aliphatic carbocycles. The van der Waals surface area contributed by atoms with Gasteiger partial charge in [0, 0.05) is 6.61 Å². The van der Waals surface area contributed by atoms with Crippen molar-refractivity contribution in [2.24, 2.45) is 0 Å². The maximum absolute atomic E-state index is 9.19. The third kappa shape index (κ3) is 25.4. The van der Waals surface area contributed by atoms with E-state index in [0.717, 1.165) is 0 Å². The summed E-state index contributed by atoms with van der Waals surface area (Å²) < 4.78 is 25.9. The summed E-state index contributed by atoms with van der Waals surface area (Å²) in [6.45, 7) is 4.13. The molecule has 17 heavy (non-hydrogen) atoms. The van der Waals surface area contributed by atoms with Crippen molar-refractivity contribution in [2.75, 3.05) is 12.9 Å². The number of benzene rings is 1. The Bertz CT molecular complexity index is 338. The molecule has 0 aromatic heterocycles. The van der Waals surface area contributed by atoms with Crippen LogP contribution in [0.25, 0.3) is 0 Å². The Labute approximate surface area is 104 Å². The molecule has 0 radical (unpaired) electrons. The van der Waals surface area contributed by atoms with Gasteiger partial charge in [-0.25, -0.2) is 0 Å². The Morgan fingerprint density at radius 1 is 1.12 bits per heavy atom. The maximum Gasteiger partial charge on any atom is 0.261 e. The second-order valence-corrected chi connectivity index (χ2v) is 4.75. The highest BCUT2D eigenvalue weighted by molar-refractivity contribution is 7.85. The van der Waals surface area contributed by atoms with E-state index < -0.39 is 10.1 Å². The Balaban J connectivity index is 0. The molecule has 0 aliphatic rings. The molecule has 0 saturated carbocycles. The number of aryl methyl sites for hydroxylation is 1. The van der Waals surface area contributed by atoms with Gasteiger partial charge in [0.1, 0.15) is 0 Å². The van der Waals surface area contributed by atoms with Crippen LogP contribution in [-0.4, -0.2) is 30.9 Å². The molecule has 0 amide bonds. The lowest BCUT2D eigenvalue weighted by Crippen LogP contribution is -1.88. The number of rotatable bonds is 2. The van der Waals surface area contributed by atoms with Crippen molar-refractivity contribution in [1.82, 2.24) is 0 Å². The molecule has 5 heteroatoms. The smallest absolute Gasteiger partial charge is 0.261 e. The molecule has 0 spiro atoms. The van der Waals surface area contributed by atoms with Crippen LogP contribution in [0.15, 0.2) is 30.3 Å². The van der Waals surface area contributed by atoms with Crippen LogP contribution in [0.3, 0.4) is 0 Å². The fourth-order valence-corrected chi connectivity index (χ4v) is 0.933. The van der Waals surface area contributed by atoms with Crippen LogP contribution in [0.5, 0.6) is 0 Å².